The summed E-state index contributed by atoms with van der Waals surface area (Å²) in [5.74, 6) is 0.453. The molecule has 21 heavy (non-hydrogen) atoms. The maximum Gasteiger partial charge on any atom is 0.323 e. The van der Waals surface area contributed by atoms with Crippen LogP contribution in [0.5, 0.6) is 0 Å². The number of hydrogen-bond acceptors (Lipinski definition) is 4. The maximum absolute atomic E-state index is 12.1. The molecule has 0 radical (unpaired) electrons. The van der Waals surface area contributed by atoms with Gasteiger partial charge in [0.2, 0.25) is 5.91 Å². The van der Waals surface area contributed by atoms with E-state index in [4.69, 9.17) is 4.74 Å². The van der Waals surface area contributed by atoms with E-state index < -0.39 is 0 Å². The van der Waals surface area contributed by atoms with E-state index in [1.54, 1.807) is 6.92 Å². The summed E-state index contributed by atoms with van der Waals surface area (Å²) >= 11 is 0. The lowest BCUT2D eigenvalue weighted by molar-refractivity contribution is -0.148. The van der Waals surface area contributed by atoms with E-state index in [1.807, 2.05) is 11.8 Å². The molecule has 2 atom stereocenters. The smallest absolute Gasteiger partial charge is 0.323 e. The number of rotatable bonds is 8. The van der Waals surface area contributed by atoms with Crippen LogP contribution in [0.15, 0.2) is 0 Å². The Balaban J connectivity index is 2.37. The van der Waals surface area contributed by atoms with Crippen molar-refractivity contribution in [1.82, 2.24) is 10.2 Å². The molecule has 1 rings (SSSR count). The Morgan fingerprint density at radius 3 is 2.62 bits per heavy atom. The molecule has 1 saturated heterocycles. The molecule has 5 nitrogen and oxygen atoms in total. The van der Waals surface area contributed by atoms with Crippen molar-refractivity contribution in [2.24, 2.45) is 5.92 Å². The van der Waals surface area contributed by atoms with Crippen LogP contribution >= 0.6 is 0 Å². The van der Waals surface area contributed by atoms with Gasteiger partial charge in [-0.25, -0.2) is 0 Å². The van der Waals surface area contributed by atoms with Crippen LogP contribution in [0.4, 0.5) is 0 Å². The molecule has 1 fully saturated rings. The van der Waals surface area contributed by atoms with Crippen LogP contribution in [0.25, 0.3) is 0 Å². The summed E-state index contributed by atoms with van der Waals surface area (Å²) < 4.78 is 5.07. The van der Waals surface area contributed by atoms with Crippen molar-refractivity contribution >= 4 is 11.9 Å². The van der Waals surface area contributed by atoms with Crippen molar-refractivity contribution in [3.05, 3.63) is 0 Å². The van der Waals surface area contributed by atoms with E-state index in [-0.39, 0.29) is 30.5 Å². The third kappa shape index (κ3) is 6.46. The first kappa shape index (κ1) is 18.0. The van der Waals surface area contributed by atoms with Crippen LogP contribution in [0, 0.1) is 5.92 Å². The van der Waals surface area contributed by atoms with Gasteiger partial charge < -0.3 is 10.1 Å². The standard InChI is InChI=1S/C16H30N2O3/c1-5-21-16(20)14-7-6-10-18(14)11-15(19)17-13(4)9-8-12(2)3/h12-14H,5-11H2,1-4H3,(H,17,19). The summed E-state index contributed by atoms with van der Waals surface area (Å²) in [4.78, 5) is 25.8. The van der Waals surface area contributed by atoms with Gasteiger partial charge in [0.05, 0.1) is 13.2 Å². The van der Waals surface area contributed by atoms with Crippen molar-refractivity contribution in [2.45, 2.75) is 65.5 Å². The first-order chi connectivity index (χ1) is 9.93. The molecule has 1 amide bonds. The zero-order chi connectivity index (χ0) is 15.8. The summed E-state index contributed by atoms with van der Waals surface area (Å²) in [5, 5.41) is 3.02. The number of nitrogens with zero attached hydrogens (tertiary/aromatic N) is 1. The second kappa shape index (κ2) is 9.03. The lowest BCUT2D eigenvalue weighted by atomic mass is 10.0. The second-order valence-electron chi connectivity index (χ2n) is 6.32. The maximum atomic E-state index is 12.1. The fourth-order valence-electron chi connectivity index (χ4n) is 2.68. The number of ether oxygens (including phenoxy) is 1. The van der Waals surface area contributed by atoms with E-state index in [0.29, 0.717) is 12.5 Å². The van der Waals surface area contributed by atoms with Crippen LogP contribution in [-0.4, -0.2) is 48.6 Å². The number of carbonyl (C=O) groups is 2. The fourth-order valence-corrected chi connectivity index (χ4v) is 2.68. The van der Waals surface area contributed by atoms with Crippen molar-refractivity contribution in [1.29, 1.82) is 0 Å². The third-order valence-corrected chi connectivity index (χ3v) is 3.85. The van der Waals surface area contributed by atoms with Crippen LogP contribution in [-0.2, 0) is 14.3 Å². The van der Waals surface area contributed by atoms with Gasteiger partial charge in [0.25, 0.3) is 0 Å². The number of nitrogens with one attached hydrogen (secondary N) is 1. The quantitative estimate of drug-likeness (QED) is 0.696. The van der Waals surface area contributed by atoms with Crippen LogP contribution in [0.3, 0.4) is 0 Å². The molecular weight excluding hydrogens is 268 g/mol. The number of likely N-dealkylation sites (tertiary alicyclic amines) is 1. The molecule has 2 unspecified atom stereocenters. The molecule has 0 spiro atoms. The molecule has 0 aromatic rings. The average molecular weight is 298 g/mol. The molecule has 5 heteroatoms. The van der Waals surface area contributed by atoms with Crippen molar-refractivity contribution < 1.29 is 14.3 Å². The van der Waals surface area contributed by atoms with Gasteiger partial charge in [-0.15, -0.1) is 0 Å². The zero-order valence-corrected chi connectivity index (χ0v) is 13.9. The summed E-state index contributed by atoms with van der Waals surface area (Å²) in [5.41, 5.74) is 0. The number of hydrogen-bond donors (Lipinski definition) is 1. The Kier molecular flexibility index (Phi) is 7.72. The van der Waals surface area contributed by atoms with Gasteiger partial charge in [0.15, 0.2) is 0 Å². The predicted molar refractivity (Wildman–Crippen MR) is 82.9 cm³/mol. The largest absolute Gasteiger partial charge is 0.465 e. The number of carbonyl (C=O) groups excluding carboxylic acids is 2. The van der Waals surface area contributed by atoms with Gasteiger partial charge >= 0.3 is 5.97 Å². The zero-order valence-electron chi connectivity index (χ0n) is 13.9. The molecule has 0 saturated carbocycles. The highest BCUT2D eigenvalue weighted by Crippen LogP contribution is 2.18. The monoisotopic (exact) mass is 298 g/mol. The van der Waals surface area contributed by atoms with E-state index in [9.17, 15) is 9.59 Å². The van der Waals surface area contributed by atoms with Crippen LogP contribution in [0.2, 0.25) is 0 Å². The Labute approximate surface area is 128 Å². The molecule has 1 aliphatic rings. The molecule has 0 aromatic heterocycles. The lowest BCUT2D eigenvalue weighted by Crippen LogP contribution is -2.45. The van der Waals surface area contributed by atoms with E-state index >= 15 is 0 Å². The highest BCUT2D eigenvalue weighted by atomic mass is 16.5. The Morgan fingerprint density at radius 2 is 2.00 bits per heavy atom. The predicted octanol–water partition coefficient (Wildman–Crippen LogP) is 1.95. The lowest BCUT2D eigenvalue weighted by Gasteiger charge is -2.23. The molecule has 0 bridgehead atoms. The van der Waals surface area contributed by atoms with Crippen molar-refractivity contribution in [3.8, 4) is 0 Å². The Hall–Kier alpha value is -1.10. The topological polar surface area (TPSA) is 58.6 Å². The Bertz CT molecular complexity index is 344. The van der Waals surface area contributed by atoms with Gasteiger partial charge in [-0.1, -0.05) is 13.8 Å². The molecule has 1 aliphatic heterocycles. The van der Waals surface area contributed by atoms with Gasteiger partial charge in [0.1, 0.15) is 6.04 Å². The fraction of sp³-hybridized carbons (Fsp3) is 0.875. The van der Waals surface area contributed by atoms with E-state index in [1.165, 1.54) is 0 Å². The minimum atomic E-state index is -0.248. The first-order valence-corrected chi connectivity index (χ1v) is 8.14. The minimum absolute atomic E-state index is 0.00227. The Morgan fingerprint density at radius 1 is 1.29 bits per heavy atom. The van der Waals surface area contributed by atoms with Gasteiger partial charge in [-0.05, 0) is 52.0 Å². The molecule has 0 aromatic carbocycles. The first-order valence-electron chi connectivity index (χ1n) is 8.14. The summed E-state index contributed by atoms with van der Waals surface area (Å²) in [7, 11) is 0. The SMILES string of the molecule is CCOC(=O)C1CCCN1CC(=O)NC(C)CCC(C)C. The molecule has 1 N–H and O–H groups in total. The second-order valence-corrected chi connectivity index (χ2v) is 6.32. The van der Waals surface area contributed by atoms with Gasteiger partial charge in [-0.3, -0.25) is 14.5 Å². The van der Waals surface area contributed by atoms with Crippen molar-refractivity contribution in [3.63, 3.8) is 0 Å². The van der Waals surface area contributed by atoms with Crippen LogP contribution in [0.1, 0.15) is 53.4 Å². The molecule has 122 valence electrons. The molecular formula is C16H30N2O3. The minimum Gasteiger partial charge on any atom is -0.465 e. The number of esters is 1. The van der Waals surface area contributed by atoms with Gasteiger partial charge in [-0.2, -0.15) is 0 Å². The normalized spacial score (nSPS) is 20.5. The summed E-state index contributed by atoms with van der Waals surface area (Å²) in [6.45, 7) is 9.67. The van der Waals surface area contributed by atoms with E-state index in [2.05, 4.69) is 19.2 Å². The average Bonchev–Trinajstić information content (AvgIpc) is 2.84. The number of amides is 1. The summed E-state index contributed by atoms with van der Waals surface area (Å²) in [6, 6.07) is -0.0646. The summed E-state index contributed by atoms with van der Waals surface area (Å²) in [6.07, 6.45) is 3.83. The third-order valence-electron chi connectivity index (χ3n) is 3.85. The molecule has 1 heterocycles. The highest BCUT2D eigenvalue weighted by Gasteiger charge is 2.32. The highest BCUT2D eigenvalue weighted by molar-refractivity contribution is 5.81. The van der Waals surface area contributed by atoms with E-state index in [0.717, 1.165) is 32.2 Å². The van der Waals surface area contributed by atoms with Gasteiger partial charge in [0, 0.05) is 6.04 Å². The molecule has 0 aliphatic carbocycles. The van der Waals surface area contributed by atoms with Crippen molar-refractivity contribution in [2.75, 3.05) is 19.7 Å². The van der Waals surface area contributed by atoms with Crippen LogP contribution < -0.4 is 5.32 Å².